The first-order chi connectivity index (χ1) is 28.6. The fourth-order valence-electron chi connectivity index (χ4n) is 8.19. The molecule has 10 rings (SSSR count). The molecule has 2 nitrogen and oxygen atoms in total. The maximum atomic E-state index is 5.34. The summed E-state index contributed by atoms with van der Waals surface area (Å²) in [6.07, 6.45) is 0. The van der Waals surface area contributed by atoms with Crippen LogP contribution in [-0.2, 0) is 0 Å². The maximum absolute atomic E-state index is 5.34. The molecule has 0 atom stereocenters. The van der Waals surface area contributed by atoms with Crippen molar-refractivity contribution in [3.63, 3.8) is 0 Å². The molecule has 274 valence electrons. The van der Waals surface area contributed by atoms with Crippen LogP contribution in [0.15, 0.2) is 217 Å². The Hall–Kier alpha value is -7.20. The molecule has 0 saturated carbocycles. The van der Waals surface area contributed by atoms with Crippen LogP contribution in [-0.4, -0.2) is 11.5 Å². The van der Waals surface area contributed by atoms with Gasteiger partial charge in [0, 0.05) is 37.0 Å². The Morgan fingerprint density at radius 3 is 1.69 bits per heavy atom. The van der Waals surface area contributed by atoms with Crippen LogP contribution in [0.1, 0.15) is 23.6 Å². The molecule has 0 saturated heterocycles. The number of thiophene rings is 1. The second kappa shape index (κ2) is 15.0. The van der Waals surface area contributed by atoms with Gasteiger partial charge in [-0.3, -0.25) is 0 Å². The lowest BCUT2D eigenvalue weighted by molar-refractivity contribution is 1.45. The van der Waals surface area contributed by atoms with E-state index in [1.807, 2.05) is 47.7 Å². The predicted octanol–water partition coefficient (Wildman–Crippen LogP) is 15.3. The van der Waals surface area contributed by atoms with Gasteiger partial charge in [-0.1, -0.05) is 201 Å². The number of benzene rings is 9. The zero-order chi connectivity index (χ0) is 39.0. The summed E-state index contributed by atoms with van der Waals surface area (Å²) < 4.78 is 2.46. The van der Waals surface area contributed by atoms with Gasteiger partial charge < -0.3 is 0 Å². The highest BCUT2D eigenvalue weighted by Gasteiger charge is 2.19. The molecule has 0 N–H and O–H groups in total. The van der Waals surface area contributed by atoms with Gasteiger partial charge in [0.25, 0.3) is 0 Å². The molecular weight excluding hydrogens is 721 g/mol. The lowest BCUT2D eigenvalue weighted by atomic mass is 9.91. The first-order valence-corrected chi connectivity index (χ1v) is 20.4. The van der Waals surface area contributed by atoms with Gasteiger partial charge in [0.05, 0.1) is 5.70 Å². The number of hydrogen-bond acceptors (Lipinski definition) is 2. The molecule has 0 aliphatic rings. The van der Waals surface area contributed by atoms with E-state index in [0.29, 0.717) is 11.5 Å². The van der Waals surface area contributed by atoms with Gasteiger partial charge in [-0.25, -0.2) is 9.98 Å². The monoisotopic (exact) mass is 758 g/mol. The molecule has 0 spiro atoms. The van der Waals surface area contributed by atoms with Gasteiger partial charge in [-0.15, -0.1) is 11.3 Å². The lowest BCUT2D eigenvalue weighted by Crippen LogP contribution is -2.05. The van der Waals surface area contributed by atoms with Crippen LogP contribution < -0.4 is 0 Å². The van der Waals surface area contributed by atoms with Gasteiger partial charge in [-0.05, 0) is 73.5 Å². The first kappa shape index (κ1) is 35.2. The molecule has 58 heavy (non-hydrogen) atoms. The molecule has 0 aliphatic carbocycles. The smallest absolute Gasteiger partial charge is 0.160 e. The van der Waals surface area contributed by atoms with Crippen LogP contribution in [0.3, 0.4) is 0 Å². The van der Waals surface area contributed by atoms with Crippen LogP contribution in [0.5, 0.6) is 0 Å². The standard InChI is InChI=1S/C55H38N2S/c1-36(38-17-6-3-7-18-38)56-55(57-37(2)39-29-31-41(32-30-39)40-19-8-4-9-20-40)51-35-52-53(48-26-15-14-25-46(48)51)50-28-16-27-49(54(50)58-52)47-34-33-43(42-21-10-5-11-22-42)44-23-12-13-24-45(44)47/h3-35H,1H2,2H3/b56-55-,57-37+. The fourth-order valence-corrected chi connectivity index (χ4v) is 9.48. The Balaban J connectivity index is 1.16. The van der Waals surface area contributed by atoms with Crippen LogP contribution in [0.25, 0.3) is 80.8 Å². The Labute approximate surface area is 342 Å². The van der Waals surface area contributed by atoms with Crippen LogP contribution >= 0.6 is 11.3 Å². The van der Waals surface area contributed by atoms with Crippen LogP contribution in [0.4, 0.5) is 0 Å². The second-order valence-electron chi connectivity index (χ2n) is 14.6. The summed E-state index contributed by atoms with van der Waals surface area (Å²) in [5.41, 5.74) is 11.8. The number of rotatable bonds is 7. The predicted molar refractivity (Wildman–Crippen MR) is 251 cm³/mol. The average molecular weight is 759 g/mol. The van der Waals surface area contributed by atoms with Crippen molar-refractivity contribution in [3.05, 3.63) is 223 Å². The lowest BCUT2D eigenvalue weighted by Gasteiger charge is -2.13. The van der Waals surface area contributed by atoms with Gasteiger partial charge >= 0.3 is 0 Å². The normalized spacial score (nSPS) is 12.2. The summed E-state index contributed by atoms with van der Waals surface area (Å²) >= 11 is 1.84. The van der Waals surface area contributed by atoms with E-state index < -0.39 is 0 Å². The molecule has 0 amide bonds. The molecular formula is C55H38N2S. The van der Waals surface area contributed by atoms with E-state index in [1.165, 1.54) is 69.7 Å². The zero-order valence-corrected chi connectivity index (χ0v) is 32.9. The van der Waals surface area contributed by atoms with Crippen molar-refractivity contribution in [2.75, 3.05) is 0 Å². The van der Waals surface area contributed by atoms with Gasteiger partial charge in [0.1, 0.15) is 0 Å². The van der Waals surface area contributed by atoms with Crippen molar-refractivity contribution in [3.8, 4) is 33.4 Å². The molecule has 1 aromatic heterocycles. The minimum absolute atomic E-state index is 0.636. The van der Waals surface area contributed by atoms with E-state index >= 15 is 0 Å². The summed E-state index contributed by atoms with van der Waals surface area (Å²) in [6.45, 7) is 6.50. The van der Waals surface area contributed by atoms with Crippen LogP contribution in [0, 0.1) is 0 Å². The highest BCUT2D eigenvalue weighted by molar-refractivity contribution is 7.26. The van der Waals surface area contributed by atoms with Crippen molar-refractivity contribution in [1.29, 1.82) is 0 Å². The summed E-state index contributed by atoms with van der Waals surface area (Å²) in [5, 5.41) is 7.29. The third-order valence-corrected chi connectivity index (χ3v) is 12.3. The number of amidine groups is 1. The average Bonchev–Trinajstić information content (AvgIpc) is 3.68. The first-order valence-electron chi connectivity index (χ1n) is 19.6. The van der Waals surface area contributed by atoms with Crippen molar-refractivity contribution in [1.82, 2.24) is 0 Å². The van der Waals surface area contributed by atoms with Crippen molar-refractivity contribution < 1.29 is 0 Å². The zero-order valence-electron chi connectivity index (χ0n) is 32.1. The number of aliphatic imine (C=N–C) groups is 2. The van der Waals surface area contributed by atoms with E-state index in [-0.39, 0.29) is 0 Å². The Bertz CT molecular complexity index is 3210. The van der Waals surface area contributed by atoms with E-state index in [2.05, 4.69) is 177 Å². The number of nitrogens with zero attached hydrogens (tertiary/aromatic N) is 2. The third kappa shape index (κ3) is 6.42. The largest absolute Gasteiger partial charge is 0.233 e. The highest BCUT2D eigenvalue weighted by atomic mass is 32.1. The number of fused-ring (bicyclic) bond motifs is 6. The minimum atomic E-state index is 0.636. The topological polar surface area (TPSA) is 24.7 Å². The van der Waals surface area contributed by atoms with Gasteiger partial charge in [-0.2, -0.15) is 0 Å². The summed E-state index contributed by atoms with van der Waals surface area (Å²) in [7, 11) is 0. The third-order valence-electron chi connectivity index (χ3n) is 11.1. The molecule has 0 radical (unpaired) electrons. The Morgan fingerprint density at radius 2 is 0.983 bits per heavy atom. The SMILES string of the molecule is C=C(/N=C(\N=C(/C)c1ccc(-c2ccccc2)cc1)c1cc2sc3c(-c4ccc(-c5ccccc5)c5ccccc45)cccc3c2c2ccccc12)c1ccccc1. The summed E-state index contributed by atoms with van der Waals surface area (Å²) in [6, 6.07) is 71.0. The minimum Gasteiger partial charge on any atom is -0.233 e. The van der Waals surface area contributed by atoms with Crippen LogP contribution in [0.2, 0.25) is 0 Å². The molecule has 10 aromatic rings. The van der Waals surface area contributed by atoms with E-state index in [9.17, 15) is 0 Å². The van der Waals surface area contributed by atoms with Gasteiger partial charge in [0.15, 0.2) is 5.84 Å². The summed E-state index contributed by atoms with van der Waals surface area (Å²) in [4.78, 5) is 10.6. The quantitative estimate of drug-likeness (QED) is 0.114. The Kier molecular flexibility index (Phi) is 9.14. The highest BCUT2D eigenvalue weighted by Crippen LogP contribution is 2.46. The van der Waals surface area contributed by atoms with Crippen molar-refractivity contribution in [2.24, 2.45) is 9.98 Å². The molecule has 9 aromatic carbocycles. The summed E-state index contributed by atoms with van der Waals surface area (Å²) in [5.74, 6) is 0.636. The van der Waals surface area contributed by atoms with E-state index in [0.717, 1.165) is 27.8 Å². The number of hydrogen-bond donors (Lipinski definition) is 0. The molecule has 3 heteroatoms. The Morgan fingerprint density at radius 1 is 0.431 bits per heavy atom. The molecule has 0 bridgehead atoms. The van der Waals surface area contributed by atoms with Gasteiger partial charge in [0.2, 0.25) is 0 Å². The molecule has 0 fully saturated rings. The molecule has 1 heterocycles. The van der Waals surface area contributed by atoms with E-state index in [4.69, 9.17) is 9.98 Å². The van der Waals surface area contributed by atoms with Crippen molar-refractivity contribution >= 4 is 70.3 Å². The van der Waals surface area contributed by atoms with E-state index in [1.54, 1.807) is 0 Å². The fraction of sp³-hybridized carbons (Fsp3) is 0.0182. The molecule has 0 unspecified atom stereocenters. The molecule has 0 aliphatic heterocycles. The van der Waals surface area contributed by atoms with Crippen molar-refractivity contribution in [2.45, 2.75) is 6.92 Å². The second-order valence-corrected chi connectivity index (χ2v) is 15.6. The maximum Gasteiger partial charge on any atom is 0.160 e.